The van der Waals surface area contributed by atoms with Gasteiger partial charge in [0.2, 0.25) is 0 Å². The van der Waals surface area contributed by atoms with Crippen LogP contribution in [0.2, 0.25) is 5.02 Å². The minimum atomic E-state index is -0.454. The molecule has 1 saturated carbocycles. The number of carbonyl (C=O) groups is 1. The molecule has 1 saturated heterocycles. The lowest BCUT2D eigenvalue weighted by atomic mass is 9.72. The van der Waals surface area contributed by atoms with E-state index in [0.717, 1.165) is 38.3 Å². The highest BCUT2D eigenvalue weighted by atomic mass is 35.5. The Kier molecular flexibility index (Phi) is 6.56. The molecule has 3 aliphatic rings. The molecule has 1 aromatic rings. The van der Waals surface area contributed by atoms with Gasteiger partial charge in [-0.15, -0.1) is 0 Å². The van der Waals surface area contributed by atoms with Gasteiger partial charge in [0.1, 0.15) is 6.10 Å². The van der Waals surface area contributed by atoms with Crippen molar-refractivity contribution in [3.8, 4) is 0 Å². The molecule has 6 nitrogen and oxygen atoms in total. The summed E-state index contributed by atoms with van der Waals surface area (Å²) in [7, 11) is 0. The van der Waals surface area contributed by atoms with Gasteiger partial charge in [-0.2, -0.15) is 0 Å². The maximum Gasteiger partial charge on any atom is 0.173 e. The van der Waals surface area contributed by atoms with Crippen LogP contribution in [0.15, 0.2) is 30.5 Å². The van der Waals surface area contributed by atoms with Gasteiger partial charge in [0, 0.05) is 50.2 Å². The third-order valence-electron chi connectivity index (χ3n) is 6.54. The number of hydrogen-bond donors (Lipinski definition) is 2. The second kappa shape index (κ2) is 9.14. The largest absolute Gasteiger partial charge is 0.496 e. The van der Waals surface area contributed by atoms with Crippen LogP contribution in [0, 0.1) is 11.8 Å². The van der Waals surface area contributed by atoms with Gasteiger partial charge in [-0.25, -0.2) is 0 Å². The van der Waals surface area contributed by atoms with Crippen LogP contribution in [0.4, 0.5) is 0 Å². The molecule has 2 aliphatic heterocycles. The molecule has 0 bridgehead atoms. The number of carbonyl (C=O) groups excluding carboxylic acids is 1. The van der Waals surface area contributed by atoms with Crippen molar-refractivity contribution < 1.29 is 19.7 Å². The topological polar surface area (TPSA) is 73.2 Å². The average molecular weight is 421 g/mol. The van der Waals surface area contributed by atoms with Crippen molar-refractivity contribution in [1.29, 1.82) is 0 Å². The quantitative estimate of drug-likeness (QED) is 0.754. The predicted molar refractivity (Wildman–Crippen MR) is 111 cm³/mol. The van der Waals surface area contributed by atoms with Crippen LogP contribution in [0.25, 0.3) is 5.57 Å². The number of fused-ring (bicyclic) bond motifs is 1. The highest BCUT2D eigenvalue weighted by molar-refractivity contribution is 6.30. The van der Waals surface area contributed by atoms with Gasteiger partial charge in [0.05, 0.1) is 30.5 Å². The van der Waals surface area contributed by atoms with E-state index in [1.54, 1.807) is 18.4 Å². The van der Waals surface area contributed by atoms with Crippen molar-refractivity contribution >= 4 is 23.0 Å². The molecule has 2 heterocycles. The molecule has 0 aromatic heterocycles. The van der Waals surface area contributed by atoms with E-state index in [4.69, 9.17) is 21.4 Å². The van der Waals surface area contributed by atoms with Crippen molar-refractivity contribution in [2.24, 2.45) is 11.8 Å². The van der Waals surface area contributed by atoms with Crippen LogP contribution in [0.1, 0.15) is 18.4 Å². The van der Waals surface area contributed by atoms with Crippen molar-refractivity contribution in [3.05, 3.63) is 41.1 Å². The second-order valence-electron chi connectivity index (χ2n) is 8.28. The summed E-state index contributed by atoms with van der Waals surface area (Å²) in [4.78, 5) is 17.8. The van der Waals surface area contributed by atoms with Gasteiger partial charge in [-0.1, -0.05) is 23.7 Å². The number of Topliss-reactive ketones (excluding diaryl/α,β-unsaturated/α-hetero) is 1. The first-order valence-electron chi connectivity index (χ1n) is 10.5. The zero-order valence-electron chi connectivity index (χ0n) is 16.5. The molecule has 0 amide bonds. The van der Waals surface area contributed by atoms with Crippen LogP contribution in [0.5, 0.6) is 0 Å². The van der Waals surface area contributed by atoms with Crippen LogP contribution >= 0.6 is 11.6 Å². The van der Waals surface area contributed by atoms with Crippen LogP contribution < -0.4 is 0 Å². The number of allylic oxidation sites excluding steroid dienone is 1. The zero-order valence-corrected chi connectivity index (χ0v) is 17.3. The summed E-state index contributed by atoms with van der Waals surface area (Å²) < 4.78 is 6.09. The summed E-state index contributed by atoms with van der Waals surface area (Å²) in [6, 6.07) is 7.25. The van der Waals surface area contributed by atoms with E-state index in [1.807, 2.05) is 12.1 Å². The number of hydrogen-bond acceptors (Lipinski definition) is 6. The van der Waals surface area contributed by atoms with E-state index < -0.39 is 6.10 Å². The highest BCUT2D eigenvalue weighted by Crippen LogP contribution is 2.39. The maximum atomic E-state index is 13.2. The Hall–Kier alpha value is -1.44. The molecule has 2 N–H and O–H groups in total. The monoisotopic (exact) mass is 420 g/mol. The lowest BCUT2D eigenvalue weighted by molar-refractivity contribution is -0.134. The fraction of sp³-hybridized carbons (Fsp3) is 0.591. The smallest absolute Gasteiger partial charge is 0.173 e. The molecule has 158 valence electrons. The fourth-order valence-electron chi connectivity index (χ4n) is 4.83. The minimum absolute atomic E-state index is 0.0786. The van der Waals surface area contributed by atoms with Crippen molar-refractivity contribution in [2.45, 2.75) is 25.0 Å². The summed E-state index contributed by atoms with van der Waals surface area (Å²) in [6.07, 6.45) is 2.12. The van der Waals surface area contributed by atoms with Crippen LogP contribution in [-0.4, -0.2) is 83.9 Å². The average Bonchev–Trinajstić information content (AvgIpc) is 2.73. The molecule has 0 spiro atoms. The number of piperazine rings is 1. The van der Waals surface area contributed by atoms with Gasteiger partial charge in [0.25, 0.3) is 0 Å². The first-order chi connectivity index (χ1) is 14.1. The number of nitrogens with zero attached hydrogens (tertiary/aromatic N) is 2. The number of ether oxygens (including phenoxy) is 1. The van der Waals surface area contributed by atoms with E-state index in [2.05, 4.69) is 9.80 Å². The molecule has 1 aromatic carbocycles. The van der Waals surface area contributed by atoms with E-state index in [0.29, 0.717) is 30.0 Å². The highest BCUT2D eigenvalue weighted by Gasteiger charge is 2.46. The Morgan fingerprint density at radius 1 is 1.07 bits per heavy atom. The van der Waals surface area contributed by atoms with Gasteiger partial charge >= 0.3 is 0 Å². The SMILES string of the molecule is O=C1C(c2ccc(Cl)cc2)=COC2C1CCC(O)C2CN1CCN(CCO)CC1. The third-order valence-corrected chi connectivity index (χ3v) is 6.79. The van der Waals surface area contributed by atoms with Crippen LogP contribution in [0.3, 0.4) is 0 Å². The molecule has 7 heteroatoms. The first-order valence-corrected chi connectivity index (χ1v) is 10.8. The molecule has 4 atom stereocenters. The van der Waals surface area contributed by atoms with E-state index in [9.17, 15) is 9.90 Å². The number of β-amino-alcohol motifs (C(OH)–C–C–N with tert-alkyl or cyclic N) is 1. The van der Waals surface area contributed by atoms with Crippen LogP contribution in [-0.2, 0) is 9.53 Å². The lowest BCUT2D eigenvalue weighted by Gasteiger charge is -2.45. The van der Waals surface area contributed by atoms with Crippen molar-refractivity contribution in [1.82, 2.24) is 9.80 Å². The molecule has 2 fully saturated rings. The number of halogens is 1. The Bertz CT molecular complexity index is 746. The second-order valence-corrected chi connectivity index (χ2v) is 8.72. The summed E-state index contributed by atoms with van der Waals surface area (Å²) >= 11 is 5.97. The third kappa shape index (κ3) is 4.52. The summed E-state index contributed by atoms with van der Waals surface area (Å²) in [6.45, 7) is 5.26. The number of aliphatic hydroxyl groups is 2. The molecule has 4 rings (SSSR count). The predicted octanol–water partition coefficient (Wildman–Crippen LogP) is 1.65. The van der Waals surface area contributed by atoms with E-state index in [-0.39, 0.29) is 30.3 Å². The Balaban J connectivity index is 1.45. The van der Waals surface area contributed by atoms with Gasteiger partial charge in [-0.3, -0.25) is 9.69 Å². The summed E-state index contributed by atoms with van der Waals surface area (Å²) in [5, 5.41) is 20.4. The zero-order chi connectivity index (χ0) is 20.4. The summed E-state index contributed by atoms with van der Waals surface area (Å²) in [5.74, 6) is -0.187. The Labute approximate surface area is 176 Å². The Morgan fingerprint density at radius 3 is 2.45 bits per heavy atom. The number of ketones is 1. The summed E-state index contributed by atoms with van der Waals surface area (Å²) in [5.41, 5.74) is 1.41. The van der Waals surface area contributed by atoms with Crippen molar-refractivity contribution in [3.63, 3.8) is 0 Å². The normalized spacial score (nSPS) is 31.1. The van der Waals surface area contributed by atoms with Gasteiger partial charge in [-0.05, 0) is 30.5 Å². The maximum absolute atomic E-state index is 13.2. The molecular formula is C22H29ClN2O4. The molecule has 0 radical (unpaired) electrons. The standard InChI is InChI=1S/C22H29ClN2O4/c23-16-3-1-15(2-4-16)19-14-29-22-17(21(19)28)5-6-20(27)18(22)13-25-9-7-24(8-10-25)11-12-26/h1-4,14,17-18,20,22,26-27H,5-13H2. The number of benzene rings is 1. The van der Waals surface area contributed by atoms with E-state index >= 15 is 0 Å². The number of rotatable bonds is 5. The van der Waals surface area contributed by atoms with Gasteiger partial charge in [0.15, 0.2) is 5.78 Å². The minimum Gasteiger partial charge on any atom is -0.496 e. The van der Waals surface area contributed by atoms with Crippen molar-refractivity contribution in [2.75, 3.05) is 45.9 Å². The van der Waals surface area contributed by atoms with Gasteiger partial charge < -0.3 is 19.8 Å². The Morgan fingerprint density at radius 2 is 1.76 bits per heavy atom. The fourth-order valence-corrected chi connectivity index (χ4v) is 4.95. The molecule has 1 aliphatic carbocycles. The molecule has 4 unspecified atom stereocenters. The first kappa shape index (κ1) is 20.8. The lowest BCUT2D eigenvalue weighted by Crippen LogP contribution is -2.55. The molecular weight excluding hydrogens is 392 g/mol. The van der Waals surface area contributed by atoms with E-state index in [1.165, 1.54) is 0 Å². The molecule has 29 heavy (non-hydrogen) atoms. The number of aliphatic hydroxyl groups excluding tert-OH is 2.